The molecule has 0 saturated carbocycles. The number of aromatic nitrogens is 7. The van der Waals surface area contributed by atoms with Crippen molar-refractivity contribution in [2.45, 2.75) is 38.9 Å². The number of fused-ring (bicyclic) bond motifs is 6. The number of piperidine rings is 1. The summed E-state index contributed by atoms with van der Waals surface area (Å²) in [5, 5.41) is 9.02. The van der Waals surface area contributed by atoms with Gasteiger partial charge in [-0.15, -0.1) is 6.58 Å². The number of halogens is 1. The topological polar surface area (TPSA) is 102 Å². The van der Waals surface area contributed by atoms with Crippen molar-refractivity contribution >= 4 is 39.4 Å². The van der Waals surface area contributed by atoms with Crippen LogP contribution < -0.4 is 15.8 Å². The molecule has 4 aromatic heterocycles. The van der Waals surface area contributed by atoms with Crippen LogP contribution in [0, 0.1) is 5.92 Å². The van der Waals surface area contributed by atoms with Gasteiger partial charge in [-0.3, -0.25) is 9.69 Å². The minimum absolute atomic E-state index is 0.215. The summed E-state index contributed by atoms with van der Waals surface area (Å²) in [7, 11) is 0. The number of aryl methyl sites for hydroxylation is 1. The number of alkyl halides is 1. The van der Waals surface area contributed by atoms with E-state index in [1.165, 1.54) is 6.42 Å². The third kappa shape index (κ3) is 4.95. The Kier molecular flexibility index (Phi) is 7.13. The Hall–Kier alpha value is -4.58. The fourth-order valence-electron chi connectivity index (χ4n) is 6.56. The molecule has 0 aliphatic carbocycles. The van der Waals surface area contributed by atoms with E-state index in [-0.39, 0.29) is 18.8 Å². The molecule has 0 spiro atoms. The van der Waals surface area contributed by atoms with Crippen LogP contribution in [0.3, 0.4) is 0 Å². The summed E-state index contributed by atoms with van der Waals surface area (Å²) in [5.41, 5.74) is 2.97. The van der Waals surface area contributed by atoms with Crippen molar-refractivity contribution in [1.82, 2.24) is 39.0 Å². The van der Waals surface area contributed by atoms with Crippen molar-refractivity contribution < 1.29 is 4.39 Å². The Morgan fingerprint density at radius 3 is 2.70 bits per heavy atom. The van der Waals surface area contributed by atoms with Crippen LogP contribution in [0.2, 0.25) is 0 Å². The van der Waals surface area contributed by atoms with Crippen molar-refractivity contribution in [3.63, 3.8) is 0 Å². The van der Waals surface area contributed by atoms with Gasteiger partial charge < -0.3 is 10.2 Å². The van der Waals surface area contributed by atoms with E-state index >= 15 is 0 Å². The predicted octanol–water partition coefficient (Wildman–Crippen LogP) is 4.15. The van der Waals surface area contributed by atoms with Gasteiger partial charge >= 0.3 is 0 Å². The first-order valence-electron chi connectivity index (χ1n) is 14.9. The molecule has 3 fully saturated rings. The summed E-state index contributed by atoms with van der Waals surface area (Å²) in [6.45, 7) is 9.94. The summed E-state index contributed by atoms with van der Waals surface area (Å²) in [6, 6.07) is 12.5. The summed E-state index contributed by atoms with van der Waals surface area (Å²) in [6.07, 6.45) is 7.35. The van der Waals surface area contributed by atoms with Gasteiger partial charge in [0.1, 0.15) is 12.1 Å². The van der Waals surface area contributed by atoms with Crippen LogP contribution >= 0.6 is 0 Å². The highest BCUT2D eigenvalue weighted by Crippen LogP contribution is 2.31. The molecule has 43 heavy (non-hydrogen) atoms. The molecule has 2 atom stereocenters. The summed E-state index contributed by atoms with van der Waals surface area (Å²) >= 11 is 0. The van der Waals surface area contributed by atoms with Crippen molar-refractivity contribution in [3.8, 4) is 5.82 Å². The SMILES string of the molecule is C=CCn1c(=O)c2cnc(Nc3ccc(N4CC5CCC(C4)N(CCF)C5)cc3)nc2n1-c1ccc2cnn(CC)c2n1. The minimum Gasteiger partial charge on any atom is -0.370 e. The van der Waals surface area contributed by atoms with Crippen LogP contribution in [0.15, 0.2) is 66.2 Å². The van der Waals surface area contributed by atoms with Crippen LogP contribution in [-0.2, 0) is 13.1 Å². The van der Waals surface area contributed by atoms with Gasteiger partial charge in [-0.05, 0) is 62.1 Å². The highest BCUT2D eigenvalue weighted by Gasteiger charge is 2.34. The smallest absolute Gasteiger partial charge is 0.278 e. The Morgan fingerprint density at radius 1 is 1.05 bits per heavy atom. The molecule has 3 saturated heterocycles. The zero-order valence-corrected chi connectivity index (χ0v) is 24.2. The highest BCUT2D eigenvalue weighted by atomic mass is 19.1. The molecule has 12 heteroatoms. The zero-order chi connectivity index (χ0) is 29.5. The van der Waals surface area contributed by atoms with Gasteiger partial charge in [0, 0.05) is 61.7 Å². The lowest BCUT2D eigenvalue weighted by atomic mass is 9.95. The molecule has 2 unspecified atom stereocenters. The molecule has 7 heterocycles. The number of allylic oxidation sites excluding steroid dienone is 1. The molecule has 2 bridgehead atoms. The molecule has 0 radical (unpaired) electrons. The van der Waals surface area contributed by atoms with Crippen molar-refractivity contribution in [3.05, 3.63) is 71.8 Å². The fourth-order valence-corrected chi connectivity index (χ4v) is 6.56. The van der Waals surface area contributed by atoms with Crippen LogP contribution in [0.25, 0.3) is 27.9 Å². The number of hydrogen-bond acceptors (Lipinski definition) is 8. The average molecular weight is 583 g/mol. The molecule has 1 aromatic carbocycles. The Morgan fingerprint density at radius 2 is 1.91 bits per heavy atom. The van der Waals surface area contributed by atoms with Crippen molar-refractivity contribution in [2.24, 2.45) is 5.92 Å². The maximum absolute atomic E-state index is 13.4. The van der Waals surface area contributed by atoms with E-state index in [9.17, 15) is 9.18 Å². The maximum Gasteiger partial charge on any atom is 0.278 e. The molecular formula is C31H35FN10O. The minimum atomic E-state index is -0.289. The number of hydrogen-bond donors (Lipinski definition) is 1. The normalized spacial score (nSPS) is 18.9. The van der Waals surface area contributed by atoms with Crippen LogP contribution in [0.5, 0.6) is 0 Å². The van der Waals surface area contributed by atoms with Gasteiger partial charge in [0.15, 0.2) is 17.1 Å². The average Bonchev–Trinajstić information content (AvgIpc) is 3.40. The van der Waals surface area contributed by atoms with Gasteiger partial charge in [-0.25, -0.2) is 28.4 Å². The third-order valence-corrected chi connectivity index (χ3v) is 8.65. The highest BCUT2D eigenvalue weighted by molar-refractivity contribution is 5.79. The number of anilines is 3. The van der Waals surface area contributed by atoms with E-state index in [4.69, 9.17) is 9.97 Å². The quantitative estimate of drug-likeness (QED) is 0.259. The predicted molar refractivity (Wildman–Crippen MR) is 166 cm³/mol. The Labute approximate surface area is 248 Å². The standard InChI is InChI=1S/C31H35FN10O/c1-3-14-41-30(43)26-17-33-31(37-29(26)42(41)27-12-6-22-16-34-40(4-2)28(22)36-27)35-23-7-10-24(11-8-23)39-19-21-5-9-25(20-39)38(18-21)15-13-32/h3,6-8,10-12,16-17,21,25H,1,4-5,9,13-15,18-20H2,2H3,(H,33,35,37). The zero-order valence-electron chi connectivity index (χ0n) is 24.2. The van der Waals surface area contributed by atoms with E-state index in [0.29, 0.717) is 47.8 Å². The molecule has 1 N–H and O–H groups in total. The third-order valence-electron chi connectivity index (χ3n) is 8.65. The number of benzene rings is 1. The molecule has 0 amide bonds. The maximum atomic E-state index is 13.4. The Balaban J connectivity index is 1.18. The summed E-state index contributed by atoms with van der Waals surface area (Å²) in [4.78, 5) is 32.2. The second-order valence-electron chi connectivity index (χ2n) is 11.3. The second kappa shape index (κ2) is 11.3. The largest absolute Gasteiger partial charge is 0.370 e. The first-order chi connectivity index (χ1) is 21.1. The van der Waals surface area contributed by atoms with Gasteiger partial charge in [-0.2, -0.15) is 10.1 Å². The summed E-state index contributed by atoms with van der Waals surface area (Å²) < 4.78 is 18.2. The van der Waals surface area contributed by atoms with Crippen LogP contribution in [0.4, 0.5) is 21.7 Å². The van der Waals surface area contributed by atoms with Gasteiger partial charge in [0.2, 0.25) is 5.95 Å². The van der Waals surface area contributed by atoms with Gasteiger partial charge in [0.05, 0.1) is 12.7 Å². The molecule has 3 aliphatic heterocycles. The van der Waals surface area contributed by atoms with Crippen LogP contribution in [0.1, 0.15) is 19.8 Å². The number of nitrogens with zero attached hydrogens (tertiary/aromatic N) is 9. The lowest BCUT2D eigenvalue weighted by Crippen LogP contribution is -2.44. The van der Waals surface area contributed by atoms with Crippen molar-refractivity contribution in [2.75, 3.05) is 43.1 Å². The molecule has 222 valence electrons. The van der Waals surface area contributed by atoms with Gasteiger partial charge in [-0.1, -0.05) is 6.08 Å². The monoisotopic (exact) mass is 582 g/mol. The van der Waals surface area contributed by atoms with E-state index in [1.54, 1.807) is 27.8 Å². The number of rotatable bonds is 9. The lowest BCUT2D eigenvalue weighted by Gasteiger charge is -2.35. The molecule has 5 aromatic rings. The first kappa shape index (κ1) is 27.3. The molecular weight excluding hydrogens is 547 g/mol. The number of nitrogens with one attached hydrogen (secondary N) is 1. The second-order valence-corrected chi connectivity index (χ2v) is 11.3. The van der Waals surface area contributed by atoms with E-state index in [2.05, 4.69) is 43.9 Å². The molecule has 3 aliphatic rings. The molecule has 11 nitrogen and oxygen atoms in total. The van der Waals surface area contributed by atoms with E-state index in [0.717, 1.165) is 48.5 Å². The Bertz CT molecular complexity index is 1840. The fraction of sp³-hybridized carbons (Fsp3) is 0.387. The van der Waals surface area contributed by atoms with E-state index in [1.807, 2.05) is 35.9 Å². The van der Waals surface area contributed by atoms with Crippen molar-refractivity contribution in [1.29, 1.82) is 0 Å². The summed E-state index contributed by atoms with van der Waals surface area (Å²) in [5.74, 6) is 1.49. The van der Waals surface area contributed by atoms with E-state index < -0.39 is 0 Å². The van der Waals surface area contributed by atoms with Crippen LogP contribution in [-0.4, -0.2) is 77.9 Å². The molecule has 8 rings (SSSR count). The van der Waals surface area contributed by atoms with Gasteiger partial charge in [0.25, 0.3) is 5.56 Å². The first-order valence-corrected chi connectivity index (χ1v) is 14.9. The number of pyridine rings is 1. The lowest BCUT2D eigenvalue weighted by molar-refractivity contribution is 0.125.